The van der Waals surface area contributed by atoms with Crippen molar-refractivity contribution in [1.82, 2.24) is 10.7 Å². The van der Waals surface area contributed by atoms with Crippen molar-refractivity contribution < 1.29 is 4.79 Å². The predicted octanol–water partition coefficient (Wildman–Crippen LogP) is -1.88. The molecule has 0 rings (SSSR count). The predicted molar refractivity (Wildman–Crippen MR) is 29.8 cm³/mol. The first-order valence-corrected chi connectivity index (χ1v) is 2.24. The maximum Gasteiger partial charge on any atom is 0.312 e. The Morgan fingerprint density at radius 3 is 2.50 bits per heavy atom. The zero-order valence-corrected chi connectivity index (χ0v) is 4.48. The van der Waals surface area contributed by atoms with E-state index in [9.17, 15) is 4.79 Å². The Hall–Kier alpha value is -0.810. The number of carbonyl (C=O) groups is 1. The molecule has 0 heterocycles. The fourth-order valence-electron chi connectivity index (χ4n) is 0.258. The van der Waals surface area contributed by atoms with Gasteiger partial charge in [-0.1, -0.05) is 0 Å². The third-order valence-electron chi connectivity index (χ3n) is 0.569. The second kappa shape index (κ2) is 4.35. The highest BCUT2D eigenvalue weighted by molar-refractivity contribution is 5.71. The van der Waals surface area contributed by atoms with Crippen molar-refractivity contribution in [3.63, 3.8) is 0 Å². The van der Waals surface area contributed by atoms with Gasteiger partial charge in [-0.3, -0.25) is 11.3 Å². The van der Waals surface area contributed by atoms with E-state index in [-0.39, 0.29) is 0 Å². The van der Waals surface area contributed by atoms with E-state index in [1.54, 1.807) is 0 Å². The molecule has 5 nitrogen and oxygen atoms in total. The van der Waals surface area contributed by atoms with E-state index in [4.69, 9.17) is 11.6 Å². The molecular formula is C3H10N4O. The van der Waals surface area contributed by atoms with Gasteiger partial charge in [0, 0.05) is 13.1 Å². The van der Waals surface area contributed by atoms with Crippen molar-refractivity contribution >= 4 is 6.03 Å². The quantitative estimate of drug-likeness (QED) is 0.198. The number of urea groups is 1. The molecule has 0 unspecified atom stereocenters. The van der Waals surface area contributed by atoms with Gasteiger partial charge < -0.3 is 11.1 Å². The van der Waals surface area contributed by atoms with Crippen LogP contribution < -0.4 is 22.3 Å². The monoisotopic (exact) mass is 118 g/mol. The third kappa shape index (κ3) is 5.19. The van der Waals surface area contributed by atoms with Crippen LogP contribution in [0.2, 0.25) is 0 Å². The fraction of sp³-hybridized carbons (Fsp3) is 0.667. The Labute approximate surface area is 47.4 Å². The number of carbonyl (C=O) groups excluding carboxylic acids is 1. The minimum Gasteiger partial charge on any atom is -0.352 e. The topological polar surface area (TPSA) is 93.2 Å². The lowest BCUT2D eigenvalue weighted by molar-refractivity contribution is 0.249. The van der Waals surface area contributed by atoms with Crippen LogP contribution in [0.15, 0.2) is 0 Å². The van der Waals surface area contributed by atoms with E-state index < -0.39 is 6.03 Å². The van der Waals surface area contributed by atoms with Gasteiger partial charge in [0.1, 0.15) is 0 Å². The molecule has 0 aromatic heterocycles. The molecular weight excluding hydrogens is 108 g/mol. The number of nitrogens with one attached hydrogen (secondary N) is 2. The largest absolute Gasteiger partial charge is 0.352 e. The number of amides is 2. The summed E-state index contributed by atoms with van der Waals surface area (Å²) in [7, 11) is 0. The summed E-state index contributed by atoms with van der Waals surface area (Å²) in [6, 6.07) is -0.528. The van der Waals surface area contributed by atoms with E-state index in [0.29, 0.717) is 13.1 Å². The lowest BCUT2D eigenvalue weighted by atomic mass is 10.6. The normalized spacial score (nSPS) is 8.62. The van der Waals surface area contributed by atoms with Crippen LogP contribution in [0.5, 0.6) is 0 Å². The van der Waals surface area contributed by atoms with E-state index in [2.05, 4.69) is 10.7 Å². The third-order valence-corrected chi connectivity index (χ3v) is 0.569. The summed E-state index contributed by atoms with van der Waals surface area (Å²) in [4.78, 5) is 9.92. The molecule has 0 saturated carbocycles. The van der Waals surface area contributed by atoms with Crippen molar-refractivity contribution in [2.24, 2.45) is 11.6 Å². The second-order valence-corrected chi connectivity index (χ2v) is 1.25. The summed E-state index contributed by atoms with van der Waals surface area (Å²) in [5.41, 5.74) is 7.07. The number of nitrogens with two attached hydrogens (primary N) is 2. The average molecular weight is 118 g/mol. The van der Waals surface area contributed by atoms with E-state index >= 15 is 0 Å². The average Bonchev–Trinajstić information content (AvgIpc) is 1.66. The highest BCUT2D eigenvalue weighted by Gasteiger charge is 1.85. The molecule has 0 radical (unpaired) electrons. The van der Waals surface area contributed by atoms with Crippen LogP contribution in [-0.4, -0.2) is 19.1 Å². The molecule has 0 aliphatic rings. The molecule has 0 fully saturated rings. The van der Waals surface area contributed by atoms with Gasteiger partial charge in [0.15, 0.2) is 0 Å². The van der Waals surface area contributed by atoms with Gasteiger partial charge in [0.25, 0.3) is 0 Å². The Balaban J connectivity index is 2.82. The first-order valence-electron chi connectivity index (χ1n) is 2.24. The first-order chi connectivity index (χ1) is 3.77. The van der Waals surface area contributed by atoms with E-state index in [1.807, 2.05) is 0 Å². The molecule has 8 heavy (non-hydrogen) atoms. The first kappa shape index (κ1) is 7.19. The van der Waals surface area contributed by atoms with Crippen molar-refractivity contribution in [1.29, 1.82) is 0 Å². The molecule has 0 aliphatic carbocycles. The number of rotatable bonds is 3. The Bertz CT molecular complexity index is 73.7. The fourth-order valence-corrected chi connectivity index (χ4v) is 0.258. The molecule has 0 bridgehead atoms. The maximum absolute atomic E-state index is 9.92. The Morgan fingerprint density at radius 2 is 2.12 bits per heavy atom. The summed E-state index contributed by atoms with van der Waals surface area (Å²) in [6.45, 7) is 0.995. The summed E-state index contributed by atoms with van der Waals surface area (Å²) in [6.07, 6.45) is 0. The Kier molecular flexibility index (Phi) is 3.91. The molecule has 0 aliphatic heterocycles. The van der Waals surface area contributed by atoms with Crippen LogP contribution in [0.25, 0.3) is 0 Å². The van der Waals surface area contributed by atoms with E-state index in [0.717, 1.165) is 0 Å². The highest BCUT2D eigenvalue weighted by atomic mass is 16.2. The zero-order valence-electron chi connectivity index (χ0n) is 4.48. The number of primary amides is 1. The van der Waals surface area contributed by atoms with Gasteiger partial charge in [0.2, 0.25) is 0 Å². The van der Waals surface area contributed by atoms with Gasteiger partial charge >= 0.3 is 6.03 Å². The van der Waals surface area contributed by atoms with Crippen LogP contribution in [-0.2, 0) is 0 Å². The molecule has 48 valence electrons. The lowest BCUT2D eigenvalue weighted by Gasteiger charge is -1.97. The van der Waals surface area contributed by atoms with E-state index in [1.165, 1.54) is 0 Å². The van der Waals surface area contributed by atoms with Gasteiger partial charge in [0.05, 0.1) is 0 Å². The molecule has 0 atom stereocenters. The molecule has 0 aromatic rings. The summed E-state index contributed by atoms with van der Waals surface area (Å²) < 4.78 is 0. The number of hydrazine groups is 1. The standard InChI is InChI=1S/C3H10N4O/c4-3(8)6-1-2-7-5/h7H,1-2,5H2,(H3,4,6,8). The smallest absolute Gasteiger partial charge is 0.312 e. The lowest BCUT2D eigenvalue weighted by Crippen LogP contribution is -2.37. The summed E-state index contributed by atoms with van der Waals surface area (Å²) in [5.74, 6) is 4.87. The van der Waals surface area contributed by atoms with Gasteiger partial charge in [-0.25, -0.2) is 4.79 Å². The van der Waals surface area contributed by atoms with Crippen LogP contribution in [0.1, 0.15) is 0 Å². The molecule has 0 saturated heterocycles. The van der Waals surface area contributed by atoms with Crippen LogP contribution in [0, 0.1) is 0 Å². The second-order valence-electron chi connectivity index (χ2n) is 1.25. The van der Waals surface area contributed by atoms with Gasteiger partial charge in [-0.2, -0.15) is 0 Å². The van der Waals surface area contributed by atoms with Gasteiger partial charge in [-0.15, -0.1) is 0 Å². The molecule has 0 spiro atoms. The molecule has 6 N–H and O–H groups in total. The van der Waals surface area contributed by atoms with Crippen molar-refractivity contribution in [3.05, 3.63) is 0 Å². The summed E-state index contributed by atoms with van der Waals surface area (Å²) >= 11 is 0. The molecule has 2 amide bonds. The number of hydrogen-bond acceptors (Lipinski definition) is 3. The van der Waals surface area contributed by atoms with Crippen molar-refractivity contribution in [2.45, 2.75) is 0 Å². The minimum absolute atomic E-state index is 0.464. The van der Waals surface area contributed by atoms with Gasteiger partial charge in [-0.05, 0) is 0 Å². The zero-order chi connectivity index (χ0) is 6.41. The molecule has 5 heteroatoms. The van der Waals surface area contributed by atoms with Crippen LogP contribution in [0.4, 0.5) is 4.79 Å². The van der Waals surface area contributed by atoms with Crippen molar-refractivity contribution in [2.75, 3.05) is 13.1 Å². The Morgan fingerprint density at radius 1 is 1.50 bits per heavy atom. The minimum atomic E-state index is -0.528. The summed E-state index contributed by atoms with van der Waals surface area (Å²) in [5, 5.41) is 2.34. The highest BCUT2D eigenvalue weighted by Crippen LogP contribution is 1.52. The van der Waals surface area contributed by atoms with Crippen LogP contribution >= 0.6 is 0 Å². The SMILES string of the molecule is NNCCNC(N)=O. The number of hydrogen-bond donors (Lipinski definition) is 4. The molecule has 0 aromatic carbocycles. The maximum atomic E-state index is 9.92. The van der Waals surface area contributed by atoms with Crippen molar-refractivity contribution in [3.8, 4) is 0 Å². The van der Waals surface area contributed by atoms with Crippen LogP contribution in [0.3, 0.4) is 0 Å².